The molecule has 4 fully saturated rings. The average molecular weight is 663 g/mol. The van der Waals surface area contributed by atoms with Crippen molar-refractivity contribution in [1.82, 2.24) is 15.6 Å². The molecule has 0 radical (unpaired) electrons. The minimum absolute atomic E-state index is 0.00885. The monoisotopic (exact) mass is 662 g/mol. The molecule has 4 saturated carbocycles. The van der Waals surface area contributed by atoms with Crippen molar-refractivity contribution >= 4 is 46.3 Å². The molecule has 4 aliphatic rings. The van der Waals surface area contributed by atoms with Crippen molar-refractivity contribution in [2.45, 2.75) is 44.4 Å². The third-order valence-electron chi connectivity index (χ3n) is 10.6. The largest absolute Gasteiger partial charge is 0.478 e. The van der Waals surface area contributed by atoms with Crippen LogP contribution in [0, 0.1) is 23.2 Å². The smallest absolute Gasteiger partial charge is 0.335 e. The Labute approximate surface area is 282 Å². The van der Waals surface area contributed by atoms with Gasteiger partial charge in [-0.2, -0.15) is 0 Å². The van der Waals surface area contributed by atoms with Crippen LogP contribution < -0.4 is 16.0 Å². The quantitative estimate of drug-likeness (QED) is 0.120. The van der Waals surface area contributed by atoms with Gasteiger partial charge in [-0.25, -0.2) is 9.59 Å². The highest BCUT2D eigenvalue weighted by molar-refractivity contribution is 6.10. The predicted octanol–water partition coefficient (Wildman–Crippen LogP) is 5.66. The zero-order valence-electron chi connectivity index (χ0n) is 26.8. The molecule has 4 aromatic rings. The van der Waals surface area contributed by atoms with Crippen LogP contribution in [0.25, 0.3) is 10.9 Å². The molecule has 0 spiro atoms. The number of benzene rings is 3. The first-order valence-electron chi connectivity index (χ1n) is 16.7. The zero-order chi connectivity index (χ0) is 34.3. The number of aromatic amines is 1. The summed E-state index contributed by atoms with van der Waals surface area (Å²) in [6.07, 6.45) is 9.09. The summed E-state index contributed by atoms with van der Waals surface area (Å²) in [6, 6.07) is 17.3. The molecule has 0 aliphatic heterocycles. The maximum Gasteiger partial charge on any atom is 0.335 e. The van der Waals surface area contributed by atoms with Gasteiger partial charge in [-0.05, 0) is 104 Å². The Balaban J connectivity index is 1.11. The molecule has 3 aromatic carbocycles. The third-order valence-corrected chi connectivity index (χ3v) is 10.6. The van der Waals surface area contributed by atoms with Gasteiger partial charge < -0.3 is 31.1 Å². The lowest BCUT2D eigenvalue weighted by atomic mass is 9.49. The van der Waals surface area contributed by atoms with E-state index in [-0.39, 0.29) is 45.8 Å². The molecule has 4 bridgehead atoms. The van der Waals surface area contributed by atoms with Crippen LogP contribution in [-0.4, -0.2) is 57.9 Å². The minimum Gasteiger partial charge on any atom is -0.478 e. The Morgan fingerprint density at radius 3 is 1.96 bits per heavy atom. The van der Waals surface area contributed by atoms with E-state index in [1.165, 1.54) is 31.4 Å². The molecule has 1 aromatic heterocycles. The maximum absolute atomic E-state index is 13.9. The van der Waals surface area contributed by atoms with E-state index in [9.17, 15) is 34.2 Å². The van der Waals surface area contributed by atoms with Gasteiger partial charge in [0.05, 0.1) is 28.2 Å². The number of rotatable bonds is 11. The lowest BCUT2D eigenvalue weighted by molar-refractivity contribution is -0.117. The second-order valence-corrected chi connectivity index (χ2v) is 14.1. The van der Waals surface area contributed by atoms with Crippen molar-refractivity contribution < 1.29 is 34.2 Å². The van der Waals surface area contributed by atoms with E-state index >= 15 is 0 Å². The van der Waals surface area contributed by atoms with E-state index in [0.717, 1.165) is 54.0 Å². The van der Waals surface area contributed by atoms with Gasteiger partial charge in [-0.1, -0.05) is 30.3 Å². The zero-order valence-corrected chi connectivity index (χ0v) is 26.8. The van der Waals surface area contributed by atoms with Gasteiger partial charge in [0.25, 0.3) is 11.8 Å². The number of fused-ring (bicyclic) bond motifs is 1. The van der Waals surface area contributed by atoms with Crippen LogP contribution in [0.1, 0.15) is 91.4 Å². The van der Waals surface area contributed by atoms with Crippen LogP contribution in [0.15, 0.2) is 72.9 Å². The number of H-pyrrole nitrogens is 1. The first kappa shape index (κ1) is 32.1. The van der Waals surface area contributed by atoms with E-state index in [0.29, 0.717) is 12.1 Å². The normalized spacial score (nSPS) is 22.7. The first-order chi connectivity index (χ1) is 23.6. The molecule has 0 saturated heterocycles. The fourth-order valence-electron chi connectivity index (χ4n) is 8.86. The van der Waals surface area contributed by atoms with Crippen LogP contribution >= 0.6 is 0 Å². The number of carbonyl (C=O) groups excluding carboxylic acids is 3. The second kappa shape index (κ2) is 12.9. The molecule has 49 heavy (non-hydrogen) atoms. The summed E-state index contributed by atoms with van der Waals surface area (Å²) in [7, 11) is 0. The summed E-state index contributed by atoms with van der Waals surface area (Å²) >= 11 is 0. The van der Waals surface area contributed by atoms with Crippen molar-refractivity contribution in [3.63, 3.8) is 0 Å². The molecule has 1 heterocycles. The average Bonchev–Trinajstić information content (AvgIpc) is 3.54. The molecule has 4 aliphatic carbocycles. The number of carboxylic acid groups (broad SMARTS) is 2. The molecule has 11 heteroatoms. The van der Waals surface area contributed by atoms with E-state index in [4.69, 9.17) is 0 Å². The fraction of sp³-hybridized carbons (Fsp3) is 0.342. The van der Waals surface area contributed by atoms with Gasteiger partial charge in [0.15, 0.2) is 0 Å². The molecular weight excluding hydrogens is 624 g/mol. The predicted molar refractivity (Wildman–Crippen MR) is 182 cm³/mol. The molecule has 6 N–H and O–H groups in total. The van der Waals surface area contributed by atoms with Crippen molar-refractivity contribution in [1.29, 1.82) is 0 Å². The topological polar surface area (TPSA) is 178 Å². The van der Waals surface area contributed by atoms with Crippen LogP contribution in [0.3, 0.4) is 0 Å². The van der Waals surface area contributed by atoms with Gasteiger partial charge in [0, 0.05) is 35.9 Å². The van der Waals surface area contributed by atoms with Gasteiger partial charge in [0.2, 0.25) is 5.91 Å². The standard InChI is InChI=1S/C38H38N4O7/c43-33(40-19-31(24-4-2-1-3-5-24)35(45)42-28-12-26(36(46)47)11-27(13-28)37(48)49)29-14-25-6-7-39-32(25)15-30(29)34(44)41-20-38-16-21-8-22(17-38)10-23(9-21)18-38/h1-7,11-15,21-23,31,39H,8-10,16-20H2,(H,40,43)(H,41,44)(H,42,45)(H,46,47)(H,48,49). The summed E-state index contributed by atoms with van der Waals surface area (Å²) in [4.78, 5) is 67.7. The fourth-order valence-corrected chi connectivity index (χ4v) is 8.86. The van der Waals surface area contributed by atoms with Crippen molar-refractivity contribution in [3.05, 3.63) is 101 Å². The Bertz CT molecular complexity index is 1900. The summed E-state index contributed by atoms with van der Waals surface area (Å²) in [5.74, 6) is -2.82. The molecule has 1 atom stereocenters. The van der Waals surface area contributed by atoms with E-state index in [1.54, 1.807) is 48.7 Å². The molecular formula is C38H38N4O7. The number of amides is 3. The van der Waals surface area contributed by atoms with Crippen LogP contribution in [0.2, 0.25) is 0 Å². The number of hydrogen-bond acceptors (Lipinski definition) is 5. The highest BCUT2D eigenvalue weighted by Gasteiger charge is 2.50. The molecule has 252 valence electrons. The van der Waals surface area contributed by atoms with Gasteiger partial charge in [-0.3, -0.25) is 14.4 Å². The number of carbonyl (C=O) groups is 5. The third kappa shape index (κ3) is 6.65. The Morgan fingerprint density at radius 2 is 1.35 bits per heavy atom. The number of aromatic carboxylic acids is 2. The molecule has 3 amide bonds. The Kier molecular flexibility index (Phi) is 8.43. The minimum atomic E-state index is -1.34. The number of anilines is 1. The van der Waals surface area contributed by atoms with E-state index in [1.807, 2.05) is 6.07 Å². The Morgan fingerprint density at radius 1 is 0.755 bits per heavy atom. The second-order valence-electron chi connectivity index (χ2n) is 14.1. The highest BCUT2D eigenvalue weighted by Crippen LogP contribution is 2.59. The van der Waals surface area contributed by atoms with Crippen molar-refractivity contribution in [3.8, 4) is 0 Å². The van der Waals surface area contributed by atoms with Gasteiger partial charge in [0.1, 0.15) is 0 Å². The first-order valence-corrected chi connectivity index (χ1v) is 16.7. The molecule has 8 rings (SSSR count). The number of hydrogen-bond donors (Lipinski definition) is 6. The van der Waals surface area contributed by atoms with Gasteiger partial charge >= 0.3 is 11.9 Å². The number of nitrogens with one attached hydrogen (secondary N) is 4. The maximum atomic E-state index is 13.9. The number of aromatic nitrogens is 1. The highest BCUT2D eigenvalue weighted by atomic mass is 16.4. The van der Waals surface area contributed by atoms with E-state index < -0.39 is 29.7 Å². The summed E-state index contributed by atoms with van der Waals surface area (Å²) in [5.41, 5.74) is 1.24. The van der Waals surface area contributed by atoms with Crippen LogP contribution in [0.5, 0.6) is 0 Å². The lowest BCUT2D eigenvalue weighted by Crippen LogP contribution is -2.51. The van der Waals surface area contributed by atoms with Crippen LogP contribution in [-0.2, 0) is 4.79 Å². The summed E-state index contributed by atoms with van der Waals surface area (Å²) < 4.78 is 0. The van der Waals surface area contributed by atoms with Crippen molar-refractivity contribution in [2.24, 2.45) is 23.2 Å². The van der Waals surface area contributed by atoms with Crippen molar-refractivity contribution in [2.75, 3.05) is 18.4 Å². The molecule has 1 unspecified atom stereocenters. The summed E-state index contributed by atoms with van der Waals surface area (Å²) in [5, 5.41) is 28.4. The van der Waals surface area contributed by atoms with E-state index in [2.05, 4.69) is 20.9 Å². The Hall–Kier alpha value is -5.45. The summed E-state index contributed by atoms with van der Waals surface area (Å²) in [6.45, 7) is 0.431. The number of carboxylic acids is 2. The lowest BCUT2D eigenvalue weighted by Gasteiger charge is -2.56. The van der Waals surface area contributed by atoms with Gasteiger partial charge in [-0.15, -0.1) is 0 Å². The van der Waals surface area contributed by atoms with Crippen LogP contribution in [0.4, 0.5) is 5.69 Å². The SMILES string of the molecule is O=C(O)c1cc(NC(=O)C(CNC(=O)c2cc3cc[nH]c3cc2C(=O)NCC23CC4CC(CC(C4)C2)C3)c2ccccc2)cc(C(=O)O)c1. The molecule has 11 nitrogen and oxygen atoms in total.